The zero-order valence-electron chi connectivity index (χ0n) is 17.3. The fourth-order valence-electron chi connectivity index (χ4n) is 5.44. The smallest absolute Gasteiger partial charge is 0.255 e. The Morgan fingerprint density at radius 3 is 2.35 bits per heavy atom. The van der Waals surface area contributed by atoms with Crippen LogP contribution in [0.25, 0.3) is 0 Å². The van der Waals surface area contributed by atoms with E-state index in [1.807, 2.05) is 0 Å². The van der Waals surface area contributed by atoms with Gasteiger partial charge >= 0.3 is 0 Å². The number of nitrogens with two attached hydrogens (primary N) is 1. The lowest BCUT2D eigenvalue weighted by molar-refractivity contribution is -0.151. The van der Waals surface area contributed by atoms with Crippen LogP contribution < -0.4 is 5.73 Å². The number of carbonyl (C=O) groups is 3. The van der Waals surface area contributed by atoms with E-state index in [1.54, 1.807) is 32.3 Å². The Bertz CT molecular complexity index is 1100. The Hall–Kier alpha value is -3.01. The number of benzene rings is 1. The molecule has 1 amide bonds. The highest BCUT2D eigenvalue weighted by molar-refractivity contribution is 6.24. The molecule has 6 N–H and O–H groups in total. The number of aliphatic hydroxyl groups is 4. The highest BCUT2D eigenvalue weighted by Crippen LogP contribution is 2.55. The average molecular weight is 428 g/mol. The molecule has 3 aliphatic rings. The van der Waals surface area contributed by atoms with E-state index in [-0.39, 0.29) is 17.6 Å². The van der Waals surface area contributed by atoms with Gasteiger partial charge in [-0.1, -0.05) is 24.3 Å². The molecule has 0 saturated heterocycles. The number of nitrogens with zero attached hydrogens (tertiary/aromatic N) is 1. The first-order valence-electron chi connectivity index (χ1n) is 9.83. The van der Waals surface area contributed by atoms with Gasteiger partial charge in [0.2, 0.25) is 5.78 Å². The van der Waals surface area contributed by atoms with Crippen molar-refractivity contribution in [2.75, 3.05) is 14.1 Å². The van der Waals surface area contributed by atoms with Crippen LogP contribution in [0.3, 0.4) is 0 Å². The van der Waals surface area contributed by atoms with Crippen molar-refractivity contribution < 1.29 is 34.8 Å². The van der Waals surface area contributed by atoms with Crippen molar-refractivity contribution >= 4 is 17.5 Å². The number of likely N-dealkylation sites (N-methyl/N-ethyl adjacent to an activating group) is 1. The summed E-state index contributed by atoms with van der Waals surface area (Å²) in [6.45, 7) is 1.50. The summed E-state index contributed by atoms with van der Waals surface area (Å²) in [5.74, 6) is -6.80. The molecule has 31 heavy (non-hydrogen) atoms. The molecule has 0 aromatic heterocycles. The van der Waals surface area contributed by atoms with E-state index in [0.29, 0.717) is 5.56 Å². The highest BCUT2D eigenvalue weighted by Gasteiger charge is 2.65. The summed E-state index contributed by atoms with van der Waals surface area (Å²) in [4.78, 5) is 39.8. The fourth-order valence-corrected chi connectivity index (χ4v) is 5.44. The standard InChI is InChI=1S/C22H24N2O7/c1-21(30)10-7-5-4-6-9(10)16(25)13-11(21)8-12-15(24(2)3)17(26)14(20(23)29)19(28)22(12,31)18(13)27/h4-7,11-12,15,26-27,30-31H,8H2,1-3H3,(H2,23,29)/t11?,12?,15-,21?,22-/m0/s1. The molecule has 9 nitrogen and oxygen atoms in total. The third kappa shape index (κ3) is 2.51. The Balaban J connectivity index is 2.03. The molecule has 0 spiro atoms. The molecule has 0 heterocycles. The van der Waals surface area contributed by atoms with Crippen LogP contribution in [-0.4, -0.2) is 68.5 Å². The lowest BCUT2D eigenvalue weighted by atomic mass is 9.55. The van der Waals surface area contributed by atoms with Crippen LogP contribution in [0, 0.1) is 11.8 Å². The van der Waals surface area contributed by atoms with Crippen molar-refractivity contribution in [2.24, 2.45) is 17.6 Å². The normalized spacial score (nSPS) is 35.1. The molecule has 0 fully saturated rings. The Kier molecular flexibility index (Phi) is 4.45. The number of Topliss-reactive ketones (excluding diaryl/α,β-unsaturated/α-hetero) is 2. The van der Waals surface area contributed by atoms with Gasteiger partial charge in [-0.3, -0.25) is 19.3 Å². The number of ketones is 2. The zero-order valence-corrected chi connectivity index (χ0v) is 17.3. The topological polar surface area (TPSA) is 161 Å². The number of primary amides is 1. The fraction of sp³-hybridized carbons (Fsp3) is 0.409. The summed E-state index contributed by atoms with van der Waals surface area (Å²) in [7, 11) is 3.12. The number of aliphatic hydroxyl groups excluding tert-OH is 2. The minimum Gasteiger partial charge on any atom is -0.510 e. The second-order valence-corrected chi connectivity index (χ2v) is 8.81. The van der Waals surface area contributed by atoms with Gasteiger partial charge in [-0.15, -0.1) is 0 Å². The summed E-state index contributed by atoms with van der Waals surface area (Å²) < 4.78 is 0. The molecule has 4 rings (SSSR count). The molecule has 164 valence electrons. The SMILES string of the molecule is CN(C)[C@@H]1C(O)=C(C(N)=O)C(=O)[C@@]2(O)C(O)=C3C(=O)c4ccccc4C(C)(O)C3CC12. The average Bonchev–Trinajstić information content (AvgIpc) is 2.68. The molecular formula is C22H24N2O7. The highest BCUT2D eigenvalue weighted by atomic mass is 16.3. The molecule has 1 aromatic carbocycles. The first-order valence-corrected chi connectivity index (χ1v) is 9.83. The molecule has 0 aliphatic heterocycles. The van der Waals surface area contributed by atoms with Crippen molar-refractivity contribution in [2.45, 2.75) is 30.6 Å². The largest absolute Gasteiger partial charge is 0.510 e. The van der Waals surface area contributed by atoms with Gasteiger partial charge in [0.05, 0.1) is 11.6 Å². The Labute approximate surface area is 178 Å². The lowest BCUT2D eigenvalue weighted by Crippen LogP contribution is -2.65. The second-order valence-electron chi connectivity index (χ2n) is 8.81. The van der Waals surface area contributed by atoms with Crippen LogP contribution in [0.4, 0.5) is 0 Å². The number of amides is 1. The van der Waals surface area contributed by atoms with Crippen LogP contribution >= 0.6 is 0 Å². The summed E-state index contributed by atoms with van der Waals surface area (Å²) in [5, 5.41) is 44.7. The van der Waals surface area contributed by atoms with Gasteiger partial charge < -0.3 is 26.2 Å². The van der Waals surface area contributed by atoms with Crippen molar-refractivity contribution in [3.8, 4) is 0 Å². The number of fused-ring (bicyclic) bond motifs is 3. The van der Waals surface area contributed by atoms with Gasteiger partial charge in [0.25, 0.3) is 5.91 Å². The summed E-state index contributed by atoms with van der Waals surface area (Å²) in [5.41, 5.74) is 0.449. The van der Waals surface area contributed by atoms with Gasteiger partial charge in [0, 0.05) is 23.0 Å². The molecule has 3 aliphatic carbocycles. The number of rotatable bonds is 2. The van der Waals surface area contributed by atoms with Gasteiger partial charge in [0.15, 0.2) is 11.4 Å². The predicted octanol–water partition coefficient (Wildman–Crippen LogP) is 0.0800. The minimum absolute atomic E-state index is 0.117. The quantitative estimate of drug-likeness (QED) is 0.414. The summed E-state index contributed by atoms with van der Waals surface area (Å²) in [6.07, 6.45) is -0.117. The maximum absolute atomic E-state index is 13.3. The summed E-state index contributed by atoms with van der Waals surface area (Å²) >= 11 is 0. The van der Waals surface area contributed by atoms with Crippen molar-refractivity contribution in [1.82, 2.24) is 4.90 Å². The lowest BCUT2D eigenvalue weighted by Gasteiger charge is -2.52. The second kappa shape index (κ2) is 6.49. The van der Waals surface area contributed by atoms with Gasteiger partial charge in [-0.25, -0.2) is 0 Å². The van der Waals surface area contributed by atoms with Crippen molar-refractivity contribution in [3.63, 3.8) is 0 Å². The Morgan fingerprint density at radius 1 is 1.16 bits per heavy atom. The summed E-state index contributed by atoms with van der Waals surface area (Å²) in [6, 6.07) is 5.31. The van der Waals surface area contributed by atoms with Crippen LogP contribution in [0.5, 0.6) is 0 Å². The van der Waals surface area contributed by atoms with Crippen LogP contribution in [0.15, 0.2) is 46.9 Å². The molecule has 0 saturated carbocycles. The van der Waals surface area contributed by atoms with Crippen molar-refractivity contribution in [3.05, 3.63) is 58.1 Å². The van der Waals surface area contributed by atoms with E-state index in [9.17, 15) is 34.8 Å². The molecule has 9 heteroatoms. The number of hydrogen-bond acceptors (Lipinski definition) is 8. The van der Waals surface area contributed by atoms with E-state index in [0.717, 1.165) is 0 Å². The molecule has 1 aromatic rings. The van der Waals surface area contributed by atoms with Gasteiger partial charge in [-0.05, 0) is 33.0 Å². The Morgan fingerprint density at radius 2 is 1.77 bits per heavy atom. The molecular weight excluding hydrogens is 404 g/mol. The molecule has 3 unspecified atom stereocenters. The van der Waals surface area contributed by atoms with Crippen LogP contribution in [0.1, 0.15) is 29.3 Å². The number of carbonyl (C=O) groups excluding carboxylic acids is 3. The van der Waals surface area contributed by atoms with E-state index in [1.165, 1.54) is 17.9 Å². The third-order valence-corrected chi connectivity index (χ3v) is 6.92. The van der Waals surface area contributed by atoms with E-state index in [4.69, 9.17) is 5.73 Å². The molecule has 5 atom stereocenters. The van der Waals surface area contributed by atoms with E-state index < -0.39 is 63.6 Å². The number of hydrogen-bond donors (Lipinski definition) is 5. The van der Waals surface area contributed by atoms with Gasteiger partial charge in [0.1, 0.15) is 17.1 Å². The van der Waals surface area contributed by atoms with Crippen molar-refractivity contribution in [1.29, 1.82) is 0 Å². The van der Waals surface area contributed by atoms with Gasteiger partial charge in [-0.2, -0.15) is 0 Å². The van der Waals surface area contributed by atoms with Crippen LogP contribution in [0.2, 0.25) is 0 Å². The first kappa shape index (κ1) is 21.2. The first-order chi connectivity index (χ1) is 14.4. The van der Waals surface area contributed by atoms with Crippen LogP contribution in [-0.2, 0) is 15.2 Å². The molecule has 0 bridgehead atoms. The zero-order chi connectivity index (χ0) is 23.0. The monoisotopic (exact) mass is 428 g/mol. The third-order valence-electron chi connectivity index (χ3n) is 6.92. The van der Waals surface area contributed by atoms with E-state index >= 15 is 0 Å². The maximum atomic E-state index is 13.3. The van der Waals surface area contributed by atoms with E-state index in [2.05, 4.69) is 0 Å². The molecule has 0 radical (unpaired) electrons. The predicted molar refractivity (Wildman–Crippen MR) is 108 cm³/mol. The maximum Gasteiger partial charge on any atom is 0.255 e. The minimum atomic E-state index is -2.66.